The van der Waals surface area contributed by atoms with E-state index in [2.05, 4.69) is 15.2 Å². The third kappa shape index (κ3) is 2.71. The van der Waals surface area contributed by atoms with Crippen molar-refractivity contribution in [2.24, 2.45) is 0 Å². The molecule has 1 fully saturated rings. The molecule has 136 valence electrons. The van der Waals surface area contributed by atoms with Crippen molar-refractivity contribution in [3.63, 3.8) is 0 Å². The van der Waals surface area contributed by atoms with E-state index in [0.29, 0.717) is 41.4 Å². The summed E-state index contributed by atoms with van der Waals surface area (Å²) in [6.45, 7) is 6.67. The SMILES string of the molecule is Cc1cc(=O)n2[nH]c(C3CCN(C(=O)c4c(C)noc4C)CC3)cc2n1. The highest BCUT2D eigenvalue weighted by molar-refractivity contribution is 5.96. The minimum Gasteiger partial charge on any atom is -0.361 e. The molecule has 1 saturated heterocycles. The lowest BCUT2D eigenvalue weighted by atomic mass is 9.93. The van der Waals surface area contributed by atoms with Crippen LogP contribution < -0.4 is 5.56 Å². The van der Waals surface area contributed by atoms with Gasteiger partial charge < -0.3 is 9.42 Å². The molecule has 1 N–H and O–H groups in total. The van der Waals surface area contributed by atoms with E-state index in [1.54, 1.807) is 13.8 Å². The maximum Gasteiger partial charge on any atom is 0.272 e. The van der Waals surface area contributed by atoms with Crippen LogP contribution in [0.25, 0.3) is 5.65 Å². The number of H-pyrrole nitrogens is 1. The molecule has 0 unspecified atom stereocenters. The van der Waals surface area contributed by atoms with Crippen LogP contribution in [0.15, 0.2) is 21.5 Å². The largest absolute Gasteiger partial charge is 0.361 e. The van der Waals surface area contributed by atoms with Crippen molar-refractivity contribution in [1.29, 1.82) is 0 Å². The average molecular weight is 355 g/mol. The maximum atomic E-state index is 12.7. The van der Waals surface area contributed by atoms with Crippen molar-refractivity contribution in [3.05, 3.63) is 50.9 Å². The quantitative estimate of drug-likeness (QED) is 0.758. The molecule has 1 aliphatic heterocycles. The third-order valence-electron chi connectivity index (χ3n) is 5.07. The molecule has 1 aliphatic rings. The molecule has 1 amide bonds. The van der Waals surface area contributed by atoms with E-state index < -0.39 is 0 Å². The van der Waals surface area contributed by atoms with E-state index in [0.717, 1.165) is 18.5 Å². The first-order valence-corrected chi connectivity index (χ1v) is 8.75. The van der Waals surface area contributed by atoms with Crippen LogP contribution in [0.2, 0.25) is 0 Å². The van der Waals surface area contributed by atoms with Gasteiger partial charge in [-0.15, -0.1) is 0 Å². The monoisotopic (exact) mass is 355 g/mol. The van der Waals surface area contributed by atoms with Gasteiger partial charge in [0.15, 0.2) is 5.65 Å². The number of nitrogens with one attached hydrogen (secondary N) is 1. The van der Waals surface area contributed by atoms with Crippen LogP contribution in [0.4, 0.5) is 0 Å². The second kappa shape index (κ2) is 6.12. The standard InChI is InChI=1S/C18H21N5O3/c1-10-8-16(24)23-15(19-10)9-14(20-23)13-4-6-22(7-5-13)18(25)17-11(2)21-26-12(17)3/h8-9,13,20H,4-7H2,1-3H3. The molecule has 0 aliphatic carbocycles. The summed E-state index contributed by atoms with van der Waals surface area (Å²) in [5, 5.41) is 7.03. The first kappa shape index (κ1) is 16.6. The number of hydrogen-bond donors (Lipinski definition) is 1. The number of aromatic amines is 1. The Hall–Kier alpha value is -2.90. The van der Waals surface area contributed by atoms with Gasteiger partial charge in [0.25, 0.3) is 11.5 Å². The van der Waals surface area contributed by atoms with Crippen LogP contribution in [0.3, 0.4) is 0 Å². The number of aryl methyl sites for hydroxylation is 3. The zero-order chi connectivity index (χ0) is 18.4. The van der Waals surface area contributed by atoms with Gasteiger partial charge in [-0.05, 0) is 33.6 Å². The molecule has 0 aromatic carbocycles. The number of rotatable bonds is 2. The first-order chi connectivity index (χ1) is 12.4. The molecule has 0 saturated carbocycles. The van der Waals surface area contributed by atoms with Gasteiger partial charge in [-0.3, -0.25) is 14.7 Å². The fourth-order valence-corrected chi connectivity index (χ4v) is 3.68. The van der Waals surface area contributed by atoms with Crippen LogP contribution in [-0.2, 0) is 0 Å². The lowest BCUT2D eigenvalue weighted by Gasteiger charge is -2.31. The normalized spacial score (nSPS) is 15.7. The molecule has 8 nitrogen and oxygen atoms in total. The molecule has 0 atom stereocenters. The van der Waals surface area contributed by atoms with Crippen LogP contribution in [0.1, 0.15) is 52.0 Å². The van der Waals surface area contributed by atoms with Gasteiger partial charge in [0.05, 0.1) is 5.69 Å². The van der Waals surface area contributed by atoms with Gasteiger partial charge in [0.2, 0.25) is 0 Å². The third-order valence-corrected chi connectivity index (χ3v) is 5.07. The summed E-state index contributed by atoms with van der Waals surface area (Å²) in [4.78, 5) is 31.0. The Kier molecular flexibility index (Phi) is 3.90. The molecule has 3 aromatic heterocycles. The summed E-state index contributed by atoms with van der Waals surface area (Å²) in [6.07, 6.45) is 1.66. The minimum atomic E-state index is -0.107. The molecule has 0 spiro atoms. The van der Waals surface area contributed by atoms with E-state index in [1.165, 1.54) is 10.6 Å². The van der Waals surface area contributed by atoms with Crippen LogP contribution >= 0.6 is 0 Å². The highest BCUT2D eigenvalue weighted by Crippen LogP contribution is 2.28. The van der Waals surface area contributed by atoms with Crippen molar-refractivity contribution in [2.75, 3.05) is 13.1 Å². The predicted molar refractivity (Wildman–Crippen MR) is 94.4 cm³/mol. The zero-order valence-electron chi connectivity index (χ0n) is 15.1. The highest BCUT2D eigenvalue weighted by atomic mass is 16.5. The van der Waals surface area contributed by atoms with E-state index in [1.807, 2.05) is 17.9 Å². The Morgan fingerprint density at radius 3 is 2.62 bits per heavy atom. The summed E-state index contributed by atoms with van der Waals surface area (Å²) < 4.78 is 6.59. The molecular formula is C18H21N5O3. The lowest BCUT2D eigenvalue weighted by molar-refractivity contribution is 0.0709. The Balaban J connectivity index is 1.51. The fraction of sp³-hybridized carbons (Fsp3) is 0.444. The number of nitrogens with zero attached hydrogens (tertiary/aromatic N) is 4. The van der Waals surface area contributed by atoms with Gasteiger partial charge in [0, 0.05) is 42.5 Å². The Bertz CT molecular complexity index is 1020. The fourth-order valence-electron chi connectivity index (χ4n) is 3.68. The smallest absolute Gasteiger partial charge is 0.272 e. The number of aromatic nitrogens is 4. The van der Waals surface area contributed by atoms with Gasteiger partial charge in [-0.2, -0.15) is 0 Å². The summed E-state index contributed by atoms with van der Waals surface area (Å²) >= 11 is 0. The van der Waals surface area contributed by atoms with Crippen molar-refractivity contribution >= 4 is 11.6 Å². The molecule has 0 bridgehead atoms. The highest BCUT2D eigenvalue weighted by Gasteiger charge is 2.29. The Morgan fingerprint density at radius 1 is 1.23 bits per heavy atom. The molecule has 26 heavy (non-hydrogen) atoms. The van der Waals surface area contributed by atoms with Crippen molar-refractivity contribution in [1.82, 2.24) is 24.7 Å². The first-order valence-electron chi connectivity index (χ1n) is 8.75. The number of fused-ring (bicyclic) bond motifs is 1. The molecule has 0 radical (unpaired) electrons. The number of likely N-dealkylation sites (tertiary alicyclic amines) is 1. The Morgan fingerprint density at radius 2 is 1.96 bits per heavy atom. The number of piperidine rings is 1. The summed E-state index contributed by atoms with van der Waals surface area (Å²) in [7, 11) is 0. The topological polar surface area (TPSA) is 96.5 Å². The van der Waals surface area contributed by atoms with Gasteiger partial charge in [0.1, 0.15) is 11.3 Å². The number of carbonyl (C=O) groups excluding carboxylic acids is 1. The van der Waals surface area contributed by atoms with Crippen molar-refractivity contribution in [3.8, 4) is 0 Å². The van der Waals surface area contributed by atoms with E-state index >= 15 is 0 Å². The summed E-state index contributed by atoms with van der Waals surface area (Å²) in [5.41, 5.74) is 3.43. The van der Waals surface area contributed by atoms with Crippen molar-refractivity contribution < 1.29 is 9.32 Å². The van der Waals surface area contributed by atoms with E-state index in [-0.39, 0.29) is 17.4 Å². The van der Waals surface area contributed by atoms with Crippen molar-refractivity contribution in [2.45, 2.75) is 39.5 Å². The van der Waals surface area contributed by atoms with Crippen LogP contribution in [0, 0.1) is 20.8 Å². The molecule has 3 aromatic rings. The van der Waals surface area contributed by atoms with Gasteiger partial charge in [-0.1, -0.05) is 5.16 Å². The van der Waals surface area contributed by atoms with E-state index in [4.69, 9.17) is 4.52 Å². The molecular weight excluding hydrogens is 334 g/mol. The van der Waals surface area contributed by atoms with Crippen LogP contribution in [0.5, 0.6) is 0 Å². The average Bonchev–Trinajstić information content (AvgIpc) is 3.18. The summed E-state index contributed by atoms with van der Waals surface area (Å²) in [5.74, 6) is 0.807. The summed E-state index contributed by atoms with van der Waals surface area (Å²) in [6, 6.07) is 3.45. The molecule has 8 heteroatoms. The molecule has 4 heterocycles. The number of hydrogen-bond acceptors (Lipinski definition) is 5. The van der Waals surface area contributed by atoms with Gasteiger partial charge >= 0.3 is 0 Å². The van der Waals surface area contributed by atoms with Crippen LogP contribution in [-0.4, -0.2) is 43.7 Å². The molecule has 4 rings (SSSR count). The number of amides is 1. The second-order valence-corrected chi connectivity index (χ2v) is 6.91. The maximum absolute atomic E-state index is 12.7. The minimum absolute atomic E-state index is 0.0233. The Labute approximate surface area is 149 Å². The zero-order valence-corrected chi connectivity index (χ0v) is 15.1. The van der Waals surface area contributed by atoms with E-state index in [9.17, 15) is 9.59 Å². The lowest BCUT2D eigenvalue weighted by Crippen LogP contribution is -2.38. The number of carbonyl (C=O) groups is 1. The predicted octanol–water partition coefficient (Wildman–Crippen LogP) is 1.96. The second-order valence-electron chi connectivity index (χ2n) is 6.91. The van der Waals surface area contributed by atoms with Gasteiger partial charge in [-0.25, -0.2) is 9.50 Å².